The Balaban J connectivity index is 3.25. The van der Waals surface area contributed by atoms with E-state index in [0.717, 1.165) is 0 Å². The standard InChI is InChI=1S/C5H4BrNO2/c6-5-3(8)1-7-2-4(5)9/h1-2,8-9H. The number of halogens is 1. The van der Waals surface area contributed by atoms with Gasteiger partial charge in [-0.15, -0.1) is 0 Å². The van der Waals surface area contributed by atoms with E-state index in [-0.39, 0.29) is 16.0 Å². The van der Waals surface area contributed by atoms with Gasteiger partial charge in [0.25, 0.3) is 0 Å². The quantitative estimate of drug-likeness (QED) is 0.647. The summed E-state index contributed by atoms with van der Waals surface area (Å²) >= 11 is 2.94. The lowest BCUT2D eigenvalue weighted by molar-refractivity contribution is 0.440. The minimum Gasteiger partial charge on any atom is -0.505 e. The lowest BCUT2D eigenvalue weighted by Gasteiger charge is -1.95. The van der Waals surface area contributed by atoms with Crippen molar-refractivity contribution in [1.29, 1.82) is 0 Å². The van der Waals surface area contributed by atoms with E-state index < -0.39 is 0 Å². The zero-order valence-electron chi connectivity index (χ0n) is 4.37. The molecule has 0 fully saturated rings. The molecule has 0 bridgehead atoms. The summed E-state index contributed by atoms with van der Waals surface area (Å²) in [5.74, 6) is -0.120. The summed E-state index contributed by atoms with van der Waals surface area (Å²) < 4.78 is 0.275. The van der Waals surface area contributed by atoms with Gasteiger partial charge in [-0.05, 0) is 15.9 Å². The first kappa shape index (κ1) is 6.35. The Labute approximate surface area is 60.1 Å². The van der Waals surface area contributed by atoms with Gasteiger partial charge in [0.05, 0.1) is 12.4 Å². The Bertz CT molecular complexity index is 206. The number of aromatic hydroxyl groups is 2. The topological polar surface area (TPSA) is 53.4 Å². The van der Waals surface area contributed by atoms with Crippen molar-refractivity contribution in [2.45, 2.75) is 0 Å². The Morgan fingerprint density at radius 1 is 1.22 bits per heavy atom. The fourth-order valence-electron chi connectivity index (χ4n) is 0.423. The van der Waals surface area contributed by atoms with Crippen LogP contribution >= 0.6 is 15.9 Å². The molecule has 0 aliphatic rings. The van der Waals surface area contributed by atoms with Crippen molar-refractivity contribution < 1.29 is 10.2 Å². The van der Waals surface area contributed by atoms with Gasteiger partial charge in [-0.25, -0.2) is 0 Å². The van der Waals surface area contributed by atoms with Crippen LogP contribution in [0.5, 0.6) is 11.5 Å². The monoisotopic (exact) mass is 189 g/mol. The Morgan fingerprint density at radius 3 is 2.00 bits per heavy atom. The zero-order valence-corrected chi connectivity index (χ0v) is 5.96. The molecule has 9 heavy (non-hydrogen) atoms. The second kappa shape index (κ2) is 2.23. The summed E-state index contributed by atoms with van der Waals surface area (Å²) in [5, 5.41) is 17.7. The van der Waals surface area contributed by atoms with Crippen LogP contribution in [0, 0.1) is 0 Å². The van der Waals surface area contributed by atoms with Crippen molar-refractivity contribution in [3.8, 4) is 11.5 Å². The highest BCUT2D eigenvalue weighted by molar-refractivity contribution is 9.10. The van der Waals surface area contributed by atoms with Gasteiger partial charge in [0, 0.05) is 0 Å². The van der Waals surface area contributed by atoms with E-state index in [1.807, 2.05) is 0 Å². The summed E-state index contributed by atoms with van der Waals surface area (Å²) in [5.41, 5.74) is 0. The van der Waals surface area contributed by atoms with Crippen molar-refractivity contribution in [3.05, 3.63) is 16.9 Å². The van der Waals surface area contributed by atoms with E-state index in [4.69, 9.17) is 10.2 Å². The first-order chi connectivity index (χ1) is 4.22. The average molecular weight is 190 g/mol. The van der Waals surface area contributed by atoms with Gasteiger partial charge in [0.15, 0.2) is 11.5 Å². The molecule has 0 atom stereocenters. The molecule has 0 aliphatic carbocycles. The number of rotatable bonds is 0. The third-order valence-electron chi connectivity index (χ3n) is 0.843. The number of hydrogen-bond acceptors (Lipinski definition) is 3. The van der Waals surface area contributed by atoms with Crippen LogP contribution in [0.4, 0.5) is 0 Å². The van der Waals surface area contributed by atoms with Crippen LogP contribution in [-0.4, -0.2) is 15.2 Å². The molecule has 4 heteroatoms. The molecule has 0 saturated heterocycles. The number of nitrogens with zero attached hydrogens (tertiary/aromatic N) is 1. The molecule has 48 valence electrons. The highest BCUT2D eigenvalue weighted by Crippen LogP contribution is 2.30. The molecule has 0 saturated carbocycles. The third kappa shape index (κ3) is 1.13. The molecule has 0 radical (unpaired) electrons. The van der Waals surface area contributed by atoms with Crippen LogP contribution in [-0.2, 0) is 0 Å². The lowest BCUT2D eigenvalue weighted by atomic mass is 10.4. The van der Waals surface area contributed by atoms with Crippen molar-refractivity contribution in [2.24, 2.45) is 0 Å². The van der Waals surface area contributed by atoms with E-state index in [2.05, 4.69) is 20.9 Å². The SMILES string of the molecule is Oc1cncc(O)c1Br. The van der Waals surface area contributed by atoms with Gasteiger partial charge in [-0.2, -0.15) is 0 Å². The number of aromatic nitrogens is 1. The first-order valence-electron chi connectivity index (χ1n) is 2.23. The summed E-state index contributed by atoms with van der Waals surface area (Å²) in [6.07, 6.45) is 2.48. The molecule has 0 amide bonds. The minimum absolute atomic E-state index is 0.0602. The van der Waals surface area contributed by atoms with Crippen LogP contribution in [0.3, 0.4) is 0 Å². The van der Waals surface area contributed by atoms with Crippen molar-refractivity contribution in [3.63, 3.8) is 0 Å². The second-order valence-electron chi connectivity index (χ2n) is 1.49. The van der Waals surface area contributed by atoms with Crippen LogP contribution in [0.15, 0.2) is 16.9 Å². The maximum Gasteiger partial charge on any atom is 0.151 e. The molecule has 0 spiro atoms. The average Bonchev–Trinajstić information content (AvgIpc) is 1.83. The molecule has 0 aromatic carbocycles. The van der Waals surface area contributed by atoms with Crippen LogP contribution in [0.25, 0.3) is 0 Å². The molecular formula is C5H4BrNO2. The Morgan fingerprint density at radius 2 is 1.67 bits per heavy atom. The van der Waals surface area contributed by atoms with Crippen LogP contribution < -0.4 is 0 Å². The fraction of sp³-hybridized carbons (Fsp3) is 0. The van der Waals surface area contributed by atoms with Crippen molar-refractivity contribution in [2.75, 3.05) is 0 Å². The molecule has 1 rings (SSSR count). The highest BCUT2D eigenvalue weighted by atomic mass is 79.9. The van der Waals surface area contributed by atoms with Gasteiger partial charge in [-0.3, -0.25) is 4.98 Å². The van der Waals surface area contributed by atoms with E-state index >= 15 is 0 Å². The zero-order chi connectivity index (χ0) is 6.85. The van der Waals surface area contributed by atoms with Gasteiger partial charge in [0.1, 0.15) is 4.47 Å². The molecule has 0 unspecified atom stereocenters. The van der Waals surface area contributed by atoms with Crippen LogP contribution in [0.1, 0.15) is 0 Å². The molecule has 0 aliphatic heterocycles. The second-order valence-corrected chi connectivity index (χ2v) is 2.28. The molecule has 3 nitrogen and oxygen atoms in total. The lowest BCUT2D eigenvalue weighted by Crippen LogP contribution is -1.73. The van der Waals surface area contributed by atoms with E-state index in [9.17, 15) is 0 Å². The molecular weight excluding hydrogens is 186 g/mol. The predicted octanol–water partition coefficient (Wildman–Crippen LogP) is 1.26. The number of hydrogen-bond donors (Lipinski definition) is 2. The Hall–Kier alpha value is -0.770. The Kier molecular flexibility index (Phi) is 1.57. The molecule has 1 heterocycles. The van der Waals surface area contributed by atoms with Gasteiger partial charge >= 0.3 is 0 Å². The smallest absolute Gasteiger partial charge is 0.151 e. The van der Waals surface area contributed by atoms with Gasteiger partial charge in [-0.1, -0.05) is 0 Å². The van der Waals surface area contributed by atoms with E-state index in [1.54, 1.807) is 0 Å². The minimum atomic E-state index is -0.0602. The maximum absolute atomic E-state index is 8.83. The summed E-state index contributed by atoms with van der Waals surface area (Å²) in [4.78, 5) is 3.51. The predicted molar refractivity (Wildman–Crippen MR) is 35.3 cm³/mol. The maximum atomic E-state index is 8.83. The molecule has 1 aromatic rings. The first-order valence-corrected chi connectivity index (χ1v) is 3.02. The summed E-state index contributed by atoms with van der Waals surface area (Å²) in [6.45, 7) is 0. The summed E-state index contributed by atoms with van der Waals surface area (Å²) in [6, 6.07) is 0. The fourth-order valence-corrected chi connectivity index (χ4v) is 0.628. The molecule has 1 aromatic heterocycles. The third-order valence-corrected chi connectivity index (χ3v) is 1.66. The van der Waals surface area contributed by atoms with Gasteiger partial charge < -0.3 is 10.2 Å². The van der Waals surface area contributed by atoms with E-state index in [1.165, 1.54) is 12.4 Å². The summed E-state index contributed by atoms with van der Waals surface area (Å²) in [7, 11) is 0. The van der Waals surface area contributed by atoms with Crippen molar-refractivity contribution in [1.82, 2.24) is 4.98 Å². The van der Waals surface area contributed by atoms with Gasteiger partial charge in [0.2, 0.25) is 0 Å². The molecule has 2 N–H and O–H groups in total. The number of pyridine rings is 1. The van der Waals surface area contributed by atoms with E-state index in [0.29, 0.717) is 0 Å². The van der Waals surface area contributed by atoms with Crippen molar-refractivity contribution >= 4 is 15.9 Å². The largest absolute Gasteiger partial charge is 0.505 e. The highest BCUT2D eigenvalue weighted by Gasteiger charge is 2.00. The van der Waals surface area contributed by atoms with Crippen LogP contribution in [0.2, 0.25) is 0 Å². The normalized spacial score (nSPS) is 9.44.